The van der Waals surface area contributed by atoms with Gasteiger partial charge in [0, 0.05) is 11.3 Å². The molecule has 5 nitrogen and oxygen atoms in total. The van der Waals surface area contributed by atoms with Crippen LogP contribution in [0.3, 0.4) is 0 Å². The fourth-order valence-corrected chi connectivity index (χ4v) is 1.30. The molecule has 0 amide bonds. The number of pyridine rings is 1. The van der Waals surface area contributed by atoms with Gasteiger partial charge in [0.15, 0.2) is 16.3 Å². The van der Waals surface area contributed by atoms with Crippen LogP contribution < -0.4 is 3.83 Å². The van der Waals surface area contributed by atoms with Crippen LogP contribution in [0.5, 0.6) is 5.88 Å². The van der Waals surface area contributed by atoms with E-state index in [-0.39, 0.29) is 11.6 Å². The maximum absolute atomic E-state index is 10.6. The molecule has 70 valence electrons. The van der Waals surface area contributed by atoms with Gasteiger partial charge in [0.1, 0.15) is 0 Å². The molecule has 0 atom stereocenters. The molecule has 0 spiro atoms. The number of nitro groups is 1. The first-order valence-electron chi connectivity index (χ1n) is 3.47. The van der Waals surface area contributed by atoms with E-state index < -0.39 is 4.92 Å². The van der Waals surface area contributed by atoms with Crippen LogP contribution in [0, 0.1) is 24.0 Å². The molecule has 0 aliphatic carbocycles. The summed E-state index contributed by atoms with van der Waals surface area (Å²) in [5.41, 5.74) is 1.10. The first-order valence-corrected chi connectivity index (χ1v) is 4.12. The van der Waals surface area contributed by atoms with Gasteiger partial charge < -0.3 is 3.83 Å². The molecule has 0 radical (unpaired) electrons. The second kappa shape index (κ2) is 3.69. The number of nitrogens with zero attached hydrogens (tertiary/aromatic N) is 2. The molecule has 0 aromatic carbocycles. The molecule has 1 rings (SSSR count). The van der Waals surface area contributed by atoms with E-state index in [1.165, 1.54) is 0 Å². The number of hydrogen-bond acceptors (Lipinski definition) is 4. The predicted octanol–water partition coefficient (Wildman–Crippen LogP) is 2.30. The van der Waals surface area contributed by atoms with E-state index in [0.29, 0.717) is 11.3 Å². The maximum Gasteiger partial charge on any atom is 0.334 e. The van der Waals surface area contributed by atoms with Gasteiger partial charge in [-0.05, 0) is 19.9 Å². The summed E-state index contributed by atoms with van der Waals surface area (Å²) in [7, 11) is 0. The quantitative estimate of drug-likeness (QED) is 0.594. The summed E-state index contributed by atoms with van der Waals surface area (Å²) in [6.45, 7) is 3.38. The highest BCUT2D eigenvalue weighted by atomic mass is 79.9. The summed E-state index contributed by atoms with van der Waals surface area (Å²) in [5.74, 6) is -0.0116. The number of aryl methyl sites for hydroxylation is 2. The van der Waals surface area contributed by atoms with Crippen LogP contribution in [0.2, 0.25) is 0 Å². The number of rotatable bonds is 2. The highest BCUT2D eigenvalue weighted by molar-refractivity contribution is 9.06. The van der Waals surface area contributed by atoms with E-state index in [9.17, 15) is 10.1 Å². The Morgan fingerprint density at radius 3 is 2.69 bits per heavy atom. The van der Waals surface area contributed by atoms with Gasteiger partial charge in [-0.3, -0.25) is 10.1 Å². The van der Waals surface area contributed by atoms with Crippen molar-refractivity contribution in [3.05, 3.63) is 27.4 Å². The minimum Gasteiger partial charge on any atom is -0.391 e. The van der Waals surface area contributed by atoms with Crippen molar-refractivity contribution in [2.75, 3.05) is 0 Å². The Bertz CT molecular complexity index is 354. The van der Waals surface area contributed by atoms with Crippen LogP contribution in [0.4, 0.5) is 5.69 Å². The smallest absolute Gasteiger partial charge is 0.334 e. The molecule has 1 aromatic heterocycles. The van der Waals surface area contributed by atoms with Crippen molar-refractivity contribution in [2.45, 2.75) is 13.8 Å². The lowest BCUT2D eigenvalue weighted by atomic mass is 10.2. The third-order valence-electron chi connectivity index (χ3n) is 1.54. The lowest BCUT2D eigenvalue weighted by molar-refractivity contribution is -0.386. The van der Waals surface area contributed by atoms with Crippen LogP contribution in [0.1, 0.15) is 11.3 Å². The van der Waals surface area contributed by atoms with Crippen molar-refractivity contribution in [1.29, 1.82) is 0 Å². The highest BCUT2D eigenvalue weighted by Crippen LogP contribution is 2.29. The standard InChI is InChI=1S/C7H7BrN2O3/c1-4-3-5(2)9-7(13-8)6(4)10(11)12/h3H,1-2H3. The molecule has 1 heterocycles. The lowest BCUT2D eigenvalue weighted by Crippen LogP contribution is -1.97. The molecule has 6 heteroatoms. The first kappa shape index (κ1) is 9.91. The SMILES string of the molecule is Cc1cc(C)c([N+](=O)[O-])c(OBr)n1. The van der Waals surface area contributed by atoms with Gasteiger partial charge in [0.25, 0.3) is 0 Å². The van der Waals surface area contributed by atoms with E-state index >= 15 is 0 Å². The van der Waals surface area contributed by atoms with Crippen molar-refractivity contribution in [3.8, 4) is 5.88 Å². The van der Waals surface area contributed by atoms with Gasteiger partial charge in [-0.25, -0.2) is 4.98 Å². The molecule has 1 aromatic rings. The summed E-state index contributed by atoms with van der Waals surface area (Å²) >= 11 is 2.68. The third-order valence-corrected chi connectivity index (χ3v) is 1.84. The molecular weight excluding hydrogens is 240 g/mol. The van der Waals surface area contributed by atoms with E-state index in [0.717, 1.165) is 0 Å². The van der Waals surface area contributed by atoms with Gasteiger partial charge in [-0.15, -0.1) is 0 Å². The fraction of sp³-hybridized carbons (Fsp3) is 0.286. The monoisotopic (exact) mass is 246 g/mol. The molecule has 0 bridgehead atoms. The normalized spacial score (nSPS) is 9.77. The second-order valence-corrected chi connectivity index (χ2v) is 2.89. The molecule has 0 unspecified atom stereocenters. The van der Waals surface area contributed by atoms with Gasteiger partial charge >= 0.3 is 11.6 Å². The van der Waals surface area contributed by atoms with E-state index in [1.54, 1.807) is 19.9 Å². The Hall–Kier alpha value is -1.17. The molecular formula is C7H7BrN2O3. The van der Waals surface area contributed by atoms with E-state index in [4.69, 9.17) is 0 Å². The van der Waals surface area contributed by atoms with Crippen molar-refractivity contribution >= 4 is 21.9 Å². The van der Waals surface area contributed by atoms with Crippen LogP contribution in [-0.4, -0.2) is 9.91 Å². The van der Waals surface area contributed by atoms with Gasteiger partial charge in [0.05, 0.1) is 4.92 Å². The summed E-state index contributed by atoms with van der Waals surface area (Å²) in [4.78, 5) is 13.9. The summed E-state index contributed by atoms with van der Waals surface area (Å²) < 4.78 is 4.63. The zero-order valence-electron chi connectivity index (χ0n) is 7.07. The predicted molar refractivity (Wildman–Crippen MR) is 49.9 cm³/mol. The van der Waals surface area contributed by atoms with Crippen LogP contribution in [-0.2, 0) is 0 Å². The minimum absolute atomic E-state index is 0.0116. The maximum atomic E-state index is 10.6. The summed E-state index contributed by atoms with van der Waals surface area (Å²) in [5, 5.41) is 10.6. The average Bonchev–Trinajstić information content (AvgIpc) is 2.01. The van der Waals surface area contributed by atoms with Crippen LogP contribution >= 0.6 is 16.3 Å². The minimum atomic E-state index is -0.516. The molecule has 0 saturated carbocycles. The molecule has 0 N–H and O–H groups in total. The Labute approximate surface area is 83.3 Å². The number of aromatic nitrogens is 1. The molecule has 13 heavy (non-hydrogen) atoms. The molecule has 0 fully saturated rings. The Morgan fingerprint density at radius 1 is 1.62 bits per heavy atom. The van der Waals surface area contributed by atoms with E-state index in [1.807, 2.05) is 0 Å². The number of hydrogen-bond donors (Lipinski definition) is 0. The first-order chi connectivity index (χ1) is 6.06. The van der Waals surface area contributed by atoms with Gasteiger partial charge in [0.2, 0.25) is 0 Å². The fourth-order valence-electron chi connectivity index (χ4n) is 1.07. The van der Waals surface area contributed by atoms with Crippen LogP contribution in [0.25, 0.3) is 0 Å². The van der Waals surface area contributed by atoms with Crippen LogP contribution in [0.15, 0.2) is 6.07 Å². The molecule has 0 aliphatic rings. The Morgan fingerprint density at radius 2 is 2.23 bits per heavy atom. The van der Waals surface area contributed by atoms with Crippen molar-refractivity contribution in [3.63, 3.8) is 0 Å². The van der Waals surface area contributed by atoms with Gasteiger partial charge in [-0.2, -0.15) is 0 Å². The average molecular weight is 247 g/mol. The zero-order chi connectivity index (χ0) is 10.0. The number of halogens is 1. The largest absolute Gasteiger partial charge is 0.391 e. The van der Waals surface area contributed by atoms with Gasteiger partial charge in [-0.1, -0.05) is 0 Å². The second-order valence-electron chi connectivity index (χ2n) is 2.57. The third kappa shape index (κ3) is 1.95. The molecule has 0 saturated heterocycles. The Kier molecular flexibility index (Phi) is 2.82. The molecule has 0 aliphatic heterocycles. The van der Waals surface area contributed by atoms with E-state index in [2.05, 4.69) is 25.1 Å². The van der Waals surface area contributed by atoms with Crippen molar-refractivity contribution in [2.24, 2.45) is 0 Å². The van der Waals surface area contributed by atoms with Crippen molar-refractivity contribution < 1.29 is 8.75 Å². The topological polar surface area (TPSA) is 65.3 Å². The Balaban J connectivity index is 3.38. The van der Waals surface area contributed by atoms with Crippen molar-refractivity contribution in [1.82, 2.24) is 4.98 Å². The highest BCUT2D eigenvalue weighted by Gasteiger charge is 2.20. The summed E-state index contributed by atoms with van der Waals surface area (Å²) in [6.07, 6.45) is 0. The summed E-state index contributed by atoms with van der Waals surface area (Å²) in [6, 6.07) is 1.63. The lowest BCUT2D eigenvalue weighted by Gasteiger charge is -2.02. The zero-order valence-corrected chi connectivity index (χ0v) is 8.66.